The van der Waals surface area contributed by atoms with E-state index in [9.17, 15) is 0 Å². The summed E-state index contributed by atoms with van der Waals surface area (Å²) >= 11 is 6.15. The maximum atomic E-state index is 6.15. The summed E-state index contributed by atoms with van der Waals surface area (Å²) in [5.41, 5.74) is 1.35. The number of pyridine rings is 1. The average molecular weight is 265 g/mol. The van der Waals surface area contributed by atoms with Gasteiger partial charge in [-0.05, 0) is 19.2 Å². The minimum Gasteiger partial charge on any atom is -0.480 e. The summed E-state index contributed by atoms with van der Waals surface area (Å²) in [6, 6.07) is 3.31. The molecule has 0 spiro atoms. The number of hydrogen-bond acceptors (Lipinski definition) is 5. The number of aromatic nitrogens is 3. The fourth-order valence-electron chi connectivity index (χ4n) is 1.70. The van der Waals surface area contributed by atoms with Gasteiger partial charge in [-0.1, -0.05) is 11.6 Å². The molecule has 2 aromatic rings. The van der Waals surface area contributed by atoms with Crippen molar-refractivity contribution in [3.8, 4) is 5.88 Å². The van der Waals surface area contributed by atoms with Gasteiger partial charge < -0.3 is 10.1 Å². The van der Waals surface area contributed by atoms with Crippen molar-refractivity contribution in [3.05, 3.63) is 47.1 Å². The van der Waals surface area contributed by atoms with Gasteiger partial charge in [-0.2, -0.15) is 0 Å². The molecular weight excluding hydrogens is 252 g/mol. The number of ether oxygens (including phenoxy) is 1. The largest absolute Gasteiger partial charge is 0.480 e. The smallest absolute Gasteiger partial charge is 0.237 e. The first kappa shape index (κ1) is 12.7. The van der Waals surface area contributed by atoms with Gasteiger partial charge in [-0.3, -0.25) is 9.97 Å². The monoisotopic (exact) mass is 264 g/mol. The van der Waals surface area contributed by atoms with Gasteiger partial charge >= 0.3 is 0 Å². The molecule has 0 fully saturated rings. The fraction of sp³-hybridized carbons (Fsp3) is 0.250. The Morgan fingerprint density at radius 2 is 1.89 bits per heavy atom. The zero-order valence-corrected chi connectivity index (χ0v) is 10.8. The summed E-state index contributed by atoms with van der Waals surface area (Å²) in [5, 5.41) is 3.69. The van der Waals surface area contributed by atoms with Gasteiger partial charge in [-0.25, -0.2) is 4.98 Å². The topological polar surface area (TPSA) is 59.9 Å². The van der Waals surface area contributed by atoms with Crippen molar-refractivity contribution in [1.29, 1.82) is 0 Å². The molecule has 0 bridgehead atoms. The van der Waals surface area contributed by atoms with E-state index in [2.05, 4.69) is 20.3 Å². The summed E-state index contributed by atoms with van der Waals surface area (Å²) in [5.74, 6) is 0.457. The number of nitrogens with one attached hydrogen (secondary N) is 1. The standard InChI is InChI=1S/C12H13ClN4O/c1-14-10(9-8(13)4-3-5-15-9)11-12(18-2)17-7-6-16-11/h3-7,10,14H,1-2H3. The van der Waals surface area contributed by atoms with E-state index in [1.165, 1.54) is 0 Å². The van der Waals surface area contributed by atoms with Crippen LogP contribution in [0.5, 0.6) is 5.88 Å². The van der Waals surface area contributed by atoms with Gasteiger partial charge in [0, 0.05) is 18.6 Å². The molecule has 5 nitrogen and oxygen atoms in total. The molecule has 0 aromatic carbocycles. The third kappa shape index (κ3) is 2.42. The summed E-state index contributed by atoms with van der Waals surface area (Å²) in [6.45, 7) is 0. The molecule has 6 heteroatoms. The Labute approximate surface area is 110 Å². The molecule has 94 valence electrons. The molecule has 2 rings (SSSR count). The van der Waals surface area contributed by atoms with Crippen LogP contribution in [0.15, 0.2) is 30.7 Å². The van der Waals surface area contributed by atoms with Crippen LogP contribution in [0.1, 0.15) is 17.4 Å². The van der Waals surface area contributed by atoms with Crippen molar-refractivity contribution >= 4 is 11.6 Å². The molecule has 0 aliphatic carbocycles. The molecule has 0 saturated carbocycles. The van der Waals surface area contributed by atoms with Gasteiger partial charge in [-0.15, -0.1) is 0 Å². The van der Waals surface area contributed by atoms with E-state index in [1.807, 2.05) is 7.05 Å². The molecule has 18 heavy (non-hydrogen) atoms. The lowest BCUT2D eigenvalue weighted by Gasteiger charge is -2.17. The van der Waals surface area contributed by atoms with Crippen LogP contribution in [0.25, 0.3) is 0 Å². The quantitative estimate of drug-likeness (QED) is 0.913. The maximum absolute atomic E-state index is 6.15. The highest BCUT2D eigenvalue weighted by molar-refractivity contribution is 6.31. The molecule has 0 amide bonds. The molecule has 2 aromatic heterocycles. The Morgan fingerprint density at radius 1 is 1.17 bits per heavy atom. The van der Waals surface area contributed by atoms with Gasteiger partial charge in [0.25, 0.3) is 0 Å². The Hall–Kier alpha value is -1.72. The van der Waals surface area contributed by atoms with Crippen molar-refractivity contribution in [2.24, 2.45) is 0 Å². The van der Waals surface area contributed by atoms with Crippen molar-refractivity contribution in [2.75, 3.05) is 14.2 Å². The van der Waals surface area contributed by atoms with E-state index >= 15 is 0 Å². The summed E-state index contributed by atoms with van der Waals surface area (Å²) in [4.78, 5) is 12.7. The lowest BCUT2D eigenvalue weighted by Crippen LogP contribution is -2.21. The summed E-state index contributed by atoms with van der Waals surface area (Å²) in [7, 11) is 3.37. The van der Waals surface area contributed by atoms with Crippen molar-refractivity contribution in [2.45, 2.75) is 6.04 Å². The average Bonchev–Trinajstić information content (AvgIpc) is 2.42. The van der Waals surface area contributed by atoms with Gasteiger partial charge in [0.15, 0.2) is 0 Å². The predicted molar refractivity (Wildman–Crippen MR) is 68.7 cm³/mol. The minimum atomic E-state index is -0.262. The van der Waals surface area contributed by atoms with Crippen LogP contribution in [0.2, 0.25) is 5.02 Å². The minimum absolute atomic E-state index is 0.262. The Morgan fingerprint density at radius 3 is 2.56 bits per heavy atom. The highest BCUT2D eigenvalue weighted by Crippen LogP contribution is 2.28. The third-order valence-electron chi connectivity index (χ3n) is 2.51. The molecular formula is C12H13ClN4O. The van der Waals surface area contributed by atoms with E-state index < -0.39 is 0 Å². The number of hydrogen-bond donors (Lipinski definition) is 1. The van der Waals surface area contributed by atoms with Crippen molar-refractivity contribution < 1.29 is 4.74 Å². The second kappa shape index (κ2) is 5.75. The highest BCUT2D eigenvalue weighted by Gasteiger charge is 2.22. The molecule has 0 radical (unpaired) electrons. The zero-order valence-electron chi connectivity index (χ0n) is 10.1. The molecule has 1 atom stereocenters. The molecule has 0 saturated heterocycles. The fourth-order valence-corrected chi connectivity index (χ4v) is 1.94. The van der Waals surface area contributed by atoms with Gasteiger partial charge in [0.05, 0.1) is 23.9 Å². The summed E-state index contributed by atoms with van der Waals surface area (Å²) in [6.07, 6.45) is 4.88. The van der Waals surface area contributed by atoms with Crippen LogP contribution in [0, 0.1) is 0 Å². The van der Waals surface area contributed by atoms with Crippen LogP contribution < -0.4 is 10.1 Å². The second-order valence-electron chi connectivity index (χ2n) is 3.54. The molecule has 1 unspecified atom stereocenters. The van der Waals surface area contributed by atoms with Crippen molar-refractivity contribution in [3.63, 3.8) is 0 Å². The van der Waals surface area contributed by atoms with Crippen LogP contribution in [0.3, 0.4) is 0 Å². The normalized spacial score (nSPS) is 12.2. The molecule has 0 aliphatic rings. The van der Waals surface area contributed by atoms with Crippen LogP contribution in [-0.4, -0.2) is 29.1 Å². The third-order valence-corrected chi connectivity index (χ3v) is 2.83. The van der Waals surface area contributed by atoms with Crippen LogP contribution >= 0.6 is 11.6 Å². The summed E-state index contributed by atoms with van der Waals surface area (Å²) < 4.78 is 5.21. The molecule has 1 N–H and O–H groups in total. The lowest BCUT2D eigenvalue weighted by atomic mass is 10.1. The van der Waals surface area contributed by atoms with Crippen LogP contribution in [-0.2, 0) is 0 Å². The highest BCUT2D eigenvalue weighted by atomic mass is 35.5. The number of rotatable bonds is 4. The zero-order chi connectivity index (χ0) is 13.0. The Kier molecular flexibility index (Phi) is 4.07. The number of methoxy groups -OCH3 is 1. The SMILES string of the molecule is CNC(c1ncccc1Cl)c1nccnc1OC. The van der Waals surface area contributed by atoms with E-state index in [1.54, 1.807) is 37.8 Å². The van der Waals surface area contributed by atoms with Crippen molar-refractivity contribution in [1.82, 2.24) is 20.3 Å². The first-order valence-electron chi connectivity index (χ1n) is 5.40. The van der Waals surface area contributed by atoms with Gasteiger partial charge in [0.2, 0.25) is 5.88 Å². The number of nitrogens with zero attached hydrogens (tertiary/aromatic N) is 3. The number of halogens is 1. The Bertz CT molecular complexity index is 535. The lowest BCUT2D eigenvalue weighted by molar-refractivity contribution is 0.383. The Balaban J connectivity index is 2.49. The van der Waals surface area contributed by atoms with Crippen LogP contribution in [0.4, 0.5) is 0 Å². The van der Waals surface area contributed by atoms with Gasteiger partial charge in [0.1, 0.15) is 5.69 Å². The van der Waals surface area contributed by atoms with E-state index in [0.29, 0.717) is 22.3 Å². The molecule has 2 heterocycles. The van der Waals surface area contributed by atoms with E-state index in [0.717, 1.165) is 0 Å². The van der Waals surface area contributed by atoms with E-state index in [-0.39, 0.29) is 6.04 Å². The second-order valence-corrected chi connectivity index (χ2v) is 3.95. The van der Waals surface area contributed by atoms with E-state index in [4.69, 9.17) is 16.3 Å². The maximum Gasteiger partial charge on any atom is 0.237 e. The molecule has 0 aliphatic heterocycles. The first-order chi connectivity index (χ1) is 8.77. The predicted octanol–water partition coefficient (Wildman–Crippen LogP) is 1.84. The first-order valence-corrected chi connectivity index (χ1v) is 5.78.